The molecule has 0 atom stereocenters. The summed E-state index contributed by atoms with van der Waals surface area (Å²) in [5.74, 6) is 0.0974. The molecule has 1 aliphatic carbocycles. The van der Waals surface area contributed by atoms with Gasteiger partial charge in [0.05, 0.1) is 7.11 Å². The third-order valence-corrected chi connectivity index (χ3v) is 7.68. The molecular formula is C24H32N2O4S. The smallest absolute Gasteiger partial charge is 0.254 e. The molecule has 0 heterocycles. The second-order valence-corrected chi connectivity index (χ2v) is 10.4. The van der Waals surface area contributed by atoms with Crippen LogP contribution in [-0.4, -0.2) is 49.8 Å². The zero-order valence-corrected chi connectivity index (χ0v) is 19.6. The van der Waals surface area contributed by atoms with Crippen molar-refractivity contribution in [3.05, 3.63) is 59.7 Å². The van der Waals surface area contributed by atoms with Crippen molar-refractivity contribution in [2.75, 3.05) is 14.2 Å². The van der Waals surface area contributed by atoms with Crippen LogP contribution in [0.5, 0.6) is 5.75 Å². The Morgan fingerprint density at radius 2 is 1.74 bits per heavy atom. The first kappa shape index (κ1) is 23.3. The van der Waals surface area contributed by atoms with Gasteiger partial charge < -0.3 is 9.64 Å². The lowest BCUT2D eigenvalue weighted by atomic mass is 10.1. The van der Waals surface area contributed by atoms with E-state index in [0.717, 1.165) is 31.2 Å². The van der Waals surface area contributed by atoms with E-state index in [0.29, 0.717) is 5.56 Å². The van der Waals surface area contributed by atoms with Crippen LogP contribution in [0, 0.1) is 0 Å². The molecule has 168 valence electrons. The number of carbonyl (C=O) groups excluding carboxylic acids is 1. The first-order valence-corrected chi connectivity index (χ1v) is 12.2. The van der Waals surface area contributed by atoms with Crippen LogP contribution in [0.1, 0.15) is 55.5 Å². The first-order chi connectivity index (χ1) is 14.8. The van der Waals surface area contributed by atoms with E-state index in [2.05, 4.69) is 0 Å². The Morgan fingerprint density at radius 3 is 2.32 bits per heavy atom. The van der Waals surface area contributed by atoms with Crippen molar-refractivity contribution in [3.8, 4) is 5.75 Å². The summed E-state index contributed by atoms with van der Waals surface area (Å²) in [6, 6.07) is 14.3. The summed E-state index contributed by atoms with van der Waals surface area (Å²) in [5, 5.41) is 0. The average molecular weight is 445 g/mol. The number of sulfonamides is 1. The highest BCUT2D eigenvalue weighted by Gasteiger charge is 2.31. The van der Waals surface area contributed by atoms with Crippen LogP contribution in [-0.2, 0) is 16.6 Å². The fourth-order valence-electron chi connectivity index (χ4n) is 4.26. The molecule has 0 radical (unpaired) electrons. The van der Waals surface area contributed by atoms with Gasteiger partial charge in [-0.05, 0) is 50.5 Å². The number of hydrogen-bond acceptors (Lipinski definition) is 4. The summed E-state index contributed by atoms with van der Waals surface area (Å²) in [6.07, 6.45) is 4.22. The van der Waals surface area contributed by atoms with Gasteiger partial charge in [0.1, 0.15) is 10.6 Å². The minimum atomic E-state index is -3.86. The Labute approximate surface area is 185 Å². The summed E-state index contributed by atoms with van der Waals surface area (Å²) >= 11 is 0. The molecule has 0 bridgehead atoms. The maximum atomic E-state index is 13.4. The van der Waals surface area contributed by atoms with Crippen molar-refractivity contribution in [1.29, 1.82) is 0 Å². The molecule has 0 aliphatic heterocycles. The Bertz CT molecular complexity index is 999. The third kappa shape index (κ3) is 5.10. The maximum absolute atomic E-state index is 13.4. The van der Waals surface area contributed by atoms with Gasteiger partial charge in [-0.15, -0.1) is 0 Å². The molecule has 7 heteroatoms. The molecule has 2 aromatic carbocycles. The molecule has 1 fully saturated rings. The lowest BCUT2D eigenvalue weighted by Gasteiger charge is -2.33. The number of hydrogen-bond donors (Lipinski definition) is 0. The van der Waals surface area contributed by atoms with Gasteiger partial charge >= 0.3 is 0 Å². The summed E-state index contributed by atoms with van der Waals surface area (Å²) < 4.78 is 33.4. The van der Waals surface area contributed by atoms with E-state index in [4.69, 9.17) is 4.74 Å². The van der Waals surface area contributed by atoms with E-state index in [9.17, 15) is 13.2 Å². The third-order valence-electron chi connectivity index (χ3n) is 5.86. The van der Waals surface area contributed by atoms with E-state index in [1.807, 2.05) is 49.1 Å². The lowest BCUT2D eigenvalue weighted by molar-refractivity contribution is 0.0613. The van der Waals surface area contributed by atoms with E-state index in [1.165, 1.54) is 24.5 Å². The number of carbonyl (C=O) groups is 1. The van der Waals surface area contributed by atoms with E-state index < -0.39 is 10.0 Å². The highest BCUT2D eigenvalue weighted by Crippen LogP contribution is 2.31. The van der Waals surface area contributed by atoms with Gasteiger partial charge in [-0.3, -0.25) is 4.79 Å². The quantitative estimate of drug-likeness (QED) is 0.609. The highest BCUT2D eigenvalue weighted by atomic mass is 32.2. The highest BCUT2D eigenvalue weighted by molar-refractivity contribution is 7.89. The predicted octanol–water partition coefficient (Wildman–Crippen LogP) is 4.31. The summed E-state index contributed by atoms with van der Waals surface area (Å²) in [5.41, 5.74) is 1.25. The van der Waals surface area contributed by atoms with Crippen LogP contribution in [0.4, 0.5) is 0 Å². The summed E-state index contributed by atoms with van der Waals surface area (Å²) in [7, 11) is -0.890. The van der Waals surface area contributed by atoms with Crippen LogP contribution in [0.25, 0.3) is 0 Å². The van der Waals surface area contributed by atoms with Crippen molar-refractivity contribution >= 4 is 15.9 Å². The Kier molecular flexibility index (Phi) is 7.38. The molecule has 0 saturated heterocycles. The number of nitrogens with zero attached hydrogens (tertiary/aromatic N) is 2. The monoisotopic (exact) mass is 444 g/mol. The standard InChI is InChI=1S/C24H32N2O4S/c1-18(2)26(21-12-8-9-13-21)24(27)20-14-15-22(30-4)23(16-20)31(28,29)25(3)17-19-10-6-5-7-11-19/h5-7,10-11,14-16,18,21H,8-9,12-13,17H2,1-4H3. The van der Waals surface area contributed by atoms with Crippen molar-refractivity contribution in [2.24, 2.45) is 0 Å². The second kappa shape index (κ2) is 9.83. The lowest BCUT2D eigenvalue weighted by Crippen LogP contribution is -2.43. The Balaban J connectivity index is 1.95. The molecule has 1 saturated carbocycles. The maximum Gasteiger partial charge on any atom is 0.254 e. The number of ether oxygens (including phenoxy) is 1. The summed E-state index contributed by atoms with van der Waals surface area (Å²) in [6.45, 7) is 4.24. The van der Waals surface area contributed by atoms with Gasteiger partial charge in [0.25, 0.3) is 5.91 Å². The molecule has 2 aromatic rings. The van der Waals surface area contributed by atoms with E-state index >= 15 is 0 Å². The van der Waals surface area contributed by atoms with Gasteiger partial charge in [-0.25, -0.2) is 8.42 Å². The van der Waals surface area contributed by atoms with Crippen molar-refractivity contribution in [2.45, 2.75) is 63.1 Å². The molecule has 0 spiro atoms. The molecule has 3 rings (SSSR count). The second-order valence-electron chi connectivity index (χ2n) is 8.36. The van der Waals surface area contributed by atoms with Crippen LogP contribution < -0.4 is 4.74 Å². The van der Waals surface area contributed by atoms with Gasteiger partial charge in [-0.2, -0.15) is 4.31 Å². The van der Waals surface area contributed by atoms with Crippen molar-refractivity contribution < 1.29 is 17.9 Å². The number of amides is 1. The topological polar surface area (TPSA) is 66.9 Å². The van der Waals surface area contributed by atoms with Gasteiger partial charge in [0.2, 0.25) is 10.0 Å². The fourth-order valence-corrected chi connectivity index (χ4v) is 5.59. The molecular weight excluding hydrogens is 412 g/mol. The number of rotatable bonds is 8. The van der Waals surface area contributed by atoms with Crippen LogP contribution in [0.3, 0.4) is 0 Å². The van der Waals surface area contributed by atoms with E-state index in [-0.39, 0.29) is 35.2 Å². The normalized spacial score (nSPS) is 14.9. The minimum Gasteiger partial charge on any atom is -0.495 e. The molecule has 6 nitrogen and oxygen atoms in total. The largest absolute Gasteiger partial charge is 0.495 e. The van der Waals surface area contributed by atoms with Crippen LogP contribution in [0.15, 0.2) is 53.4 Å². The zero-order chi connectivity index (χ0) is 22.6. The fraction of sp³-hybridized carbons (Fsp3) is 0.458. The first-order valence-electron chi connectivity index (χ1n) is 10.8. The number of methoxy groups -OCH3 is 1. The SMILES string of the molecule is COc1ccc(C(=O)N(C(C)C)C2CCCC2)cc1S(=O)(=O)N(C)Cc1ccccc1. The zero-order valence-electron chi connectivity index (χ0n) is 18.7. The average Bonchev–Trinajstić information content (AvgIpc) is 3.27. The van der Waals surface area contributed by atoms with Gasteiger partial charge in [0, 0.05) is 31.2 Å². The van der Waals surface area contributed by atoms with Crippen molar-refractivity contribution in [3.63, 3.8) is 0 Å². The Morgan fingerprint density at radius 1 is 1.10 bits per heavy atom. The molecule has 0 aromatic heterocycles. The molecule has 1 amide bonds. The molecule has 31 heavy (non-hydrogen) atoms. The van der Waals surface area contributed by atoms with Crippen LogP contribution in [0.2, 0.25) is 0 Å². The molecule has 0 unspecified atom stereocenters. The number of benzene rings is 2. The summed E-state index contributed by atoms with van der Waals surface area (Å²) in [4.78, 5) is 15.3. The molecule has 0 N–H and O–H groups in total. The Hall–Kier alpha value is -2.38. The van der Waals surface area contributed by atoms with Crippen molar-refractivity contribution in [1.82, 2.24) is 9.21 Å². The minimum absolute atomic E-state index is 0.00871. The van der Waals surface area contributed by atoms with Gasteiger partial charge in [-0.1, -0.05) is 43.2 Å². The van der Waals surface area contributed by atoms with E-state index in [1.54, 1.807) is 12.1 Å². The predicted molar refractivity (Wildman–Crippen MR) is 122 cm³/mol. The van der Waals surface area contributed by atoms with Gasteiger partial charge in [0.15, 0.2) is 0 Å². The van der Waals surface area contributed by atoms with Crippen LogP contribution >= 0.6 is 0 Å². The molecule has 1 aliphatic rings.